The quantitative estimate of drug-likeness (QED) is 0.639. The van der Waals surface area contributed by atoms with Gasteiger partial charge in [0.1, 0.15) is 5.69 Å². The number of thiophene rings is 1. The lowest BCUT2D eigenvalue weighted by atomic mass is 9.97. The van der Waals surface area contributed by atoms with E-state index in [1.807, 2.05) is 6.07 Å². The second-order valence-electron chi connectivity index (χ2n) is 7.11. The van der Waals surface area contributed by atoms with Gasteiger partial charge in [0.05, 0.1) is 10.2 Å². The summed E-state index contributed by atoms with van der Waals surface area (Å²) in [6.45, 7) is 5.10. The number of carbonyl (C=O) groups is 1. The molecule has 0 unspecified atom stereocenters. The van der Waals surface area contributed by atoms with Gasteiger partial charge in [0.15, 0.2) is 0 Å². The van der Waals surface area contributed by atoms with E-state index in [9.17, 15) is 4.79 Å². The second-order valence-corrected chi connectivity index (χ2v) is 8.06. The van der Waals surface area contributed by atoms with E-state index in [-0.39, 0.29) is 5.91 Å². The molecular weight excluding hydrogens is 328 g/mol. The third-order valence-corrected chi connectivity index (χ3v) is 6.21. The van der Waals surface area contributed by atoms with Gasteiger partial charge in [-0.15, -0.1) is 11.3 Å². The van der Waals surface area contributed by atoms with Gasteiger partial charge in [-0.25, -0.2) is 0 Å². The minimum atomic E-state index is 0.180. The van der Waals surface area contributed by atoms with Gasteiger partial charge in [0.2, 0.25) is 0 Å². The predicted molar refractivity (Wildman–Crippen MR) is 104 cm³/mol. The Kier molecular flexibility index (Phi) is 4.38. The van der Waals surface area contributed by atoms with E-state index in [4.69, 9.17) is 0 Å². The van der Waals surface area contributed by atoms with Crippen molar-refractivity contribution < 1.29 is 4.79 Å². The minimum Gasteiger partial charge on any atom is -0.332 e. The van der Waals surface area contributed by atoms with Crippen LogP contribution in [-0.4, -0.2) is 27.5 Å². The highest BCUT2D eigenvalue weighted by molar-refractivity contribution is 7.17. The first kappa shape index (κ1) is 16.4. The number of likely N-dealkylation sites (tertiary alicyclic amines) is 1. The first-order chi connectivity index (χ1) is 12.1. The molecule has 4 heteroatoms. The lowest BCUT2D eigenvalue weighted by molar-refractivity contribution is 0.0500. The van der Waals surface area contributed by atoms with Crippen LogP contribution in [0.4, 0.5) is 0 Å². The van der Waals surface area contributed by atoms with E-state index in [1.54, 1.807) is 11.3 Å². The third kappa shape index (κ3) is 2.99. The van der Waals surface area contributed by atoms with Gasteiger partial charge >= 0.3 is 0 Å². The lowest BCUT2D eigenvalue weighted by Gasteiger charge is -2.39. The zero-order chi connectivity index (χ0) is 17.4. The average Bonchev–Trinajstić information content (AvgIpc) is 3.18. The van der Waals surface area contributed by atoms with E-state index < -0.39 is 0 Å². The molecule has 1 fully saturated rings. The van der Waals surface area contributed by atoms with Crippen LogP contribution >= 0.6 is 11.3 Å². The highest BCUT2D eigenvalue weighted by Crippen LogP contribution is 2.30. The Morgan fingerprint density at radius 1 is 1.12 bits per heavy atom. The smallest absolute Gasteiger partial charge is 0.271 e. The molecule has 0 bridgehead atoms. The fraction of sp³-hybridized carbons (Fsp3) is 0.381. The van der Waals surface area contributed by atoms with Crippen LogP contribution in [0.1, 0.15) is 49.2 Å². The van der Waals surface area contributed by atoms with Crippen molar-refractivity contribution in [2.45, 2.75) is 51.7 Å². The number of piperidine rings is 1. The molecule has 0 radical (unpaired) electrons. The minimum absolute atomic E-state index is 0.180. The highest BCUT2D eigenvalue weighted by atomic mass is 32.1. The molecule has 0 spiro atoms. The Balaban J connectivity index is 1.75. The molecule has 1 aromatic carbocycles. The average molecular weight is 353 g/mol. The summed E-state index contributed by atoms with van der Waals surface area (Å²) >= 11 is 1.71. The van der Waals surface area contributed by atoms with Gasteiger partial charge in [-0.1, -0.05) is 30.3 Å². The predicted octanol–water partition coefficient (Wildman–Crippen LogP) is 5.15. The van der Waals surface area contributed by atoms with Gasteiger partial charge in [0, 0.05) is 18.6 Å². The normalized spacial score (nSPS) is 21.0. The Morgan fingerprint density at radius 2 is 1.84 bits per heavy atom. The van der Waals surface area contributed by atoms with Crippen molar-refractivity contribution in [1.82, 2.24) is 9.47 Å². The SMILES string of the molecule is C[C@@H]1CCC[C@H](C)N1C(=O)c1cc2sccc2n1Cc1ccccc1. The van der Waals surface area contributed by atoms with Crippen LogP contribution in [-0.2, 0) is 6.54 Å². The fourth-order valence-corrected chi connectivity index (χ4v) is 4.87. The van der Waals surface area contributed by atoms with Crippen LogP contribution in [0, 0.1) is 0 Å². The molecule has 3 nitrogen and oxygen atoms in total. The molecule has 1 amide bonds. The number of amides is 1. The Morgan fingerprint density at radius 3 is 2.56 bits per heavy atom. The summed E-state index contributed by atoms with van der Waals surface area (Å²) in [6.07, 6.45) is 3.42. The second kappa shape index (κ2) is 6.68. The van der Waals surface area contributed by atoms with Gasteiger partial charge in [-0.05, 0) is 56.2 Å². The third-order valence-electron chi connectivity index (χ3n) is 5.35. The summed E-state index contributed by atoms with van der Waals surface area (Å²) in [5.41, 5.74) is 3.21. The van der Waals surface area contributed by atoms with E-state index >= 15 is 0 Å². The molecule has 1 aliphatic rings. The largest absolute Gasteiger partial charge is 0.332 e. The standard InChI is InChI=1S/C21H24N2OS/c1-15-7-6-8-16(2)23(15)21(24)19-13-20-18(11-12-25-20)22(19)14-17-9-4-3-5-10-17/h3-5,9-13,15-16H,6-8,14H2,1-2H3/t15-,16+. The number of aromatic nitrogens is 1. The van der Waals surface area contributed by atoms with Crippen LogP contribution in [0.15, 0.2) is 47.8 Å². The van der Waals surface area contributed by atoms with Crippen molar-refractivity contribution in [2.24, 2.45) is 0 Å². The summed E-state index contributed by atoms with van der Waals surface area (Å²) in [6, 6.07) is 15.2. The van der Waals surface area contributed by atoms with E-state index in [0.717, 1.165) is 30.6 Å². The van der Waals surface area contributed by atoms with Gasteiger partial charge in [-0.2, -0.15) is 0 Å². The van der Waals surface area contributed by atoms with Gasteiger partial charge in [0.25, 0.3) is 5.91 Å². The molecule has 3 heterocycles. The maximum absolute atomic E-state index is 13.4. The number of nitrogens with zero attached hydrogens (tertiary/aromatic N) is 2. The van der Waals surface area contributed by atoms with Crippen LogP contribution in [0.2, 0.25) is 0 Å². The number of hydrogen-bond donors (Lipinski definition) is 0. The molecule has 4 rings (SSSR count). The number of benzene rings is 1. The molecule has 2 atom stereocenters. The Bertz CT molecular complexity index is 870. The van der Waals surface area contributed by atoms with E-state index in [1.165, 1.54) is 16.7 Å². The molecule has 3 aromatic rings. The van der Waals surface area contributed by atoms with Crippen molar-refractivity contribution in [3.63, 3.8) is 0 Å². The molecule has 1 saturated heterocycles. The summed E-state index contributed by atoms with van der Waals surface area (Å²) < 4.78 is 3.38. The molecule has 130 valence electrons. The molecule has 1 aliphatic heterocycles. The highest BCUT2D eigenvalue weighted by Gasteiger charge is 2.31. The van der Waals surface area contributed by atoms with Crippen LogP contribution in [0.3, 0.4) is 0 Å². The summed E-state index contributed by atoms with van der Waals surface area (Å²) in [5, 5.41) is 2.10. The first-order valence-electron chi connectivity index (χ1n) is 9.08. The number of rotatable bonds is 3. The molecule has 0 aliphatic carbocycles. The molecule has 25 heavy (non-hydrogen) atoms. The zero-order valence-electron chi connectivity index (χ0n) is 14.8. The summed E-state index contributed by atoms with van der Waals surface area (Å²) in [5.74, 6) is 0.180. The number of hydrogen-bond acceptors (Lipinski definition) is 2. The van der Waals surface area contributed by atoms with Crippen LogP contribution in [0.5, 0.6) is 0 Å². The first-order valence-corrected chi connectivity index (χ1v) is 9.96. The number of fused-ring (bicyclic) bond motifs is 1. The van der Waals surface area contributed by atoms with Crippen LogP contribution < -0.4 is 0 Å². The van der Waals surface area contributed by atoms with Crippen molar-refractivity contribution in [2.75, 3.05) is 0 Å². The van der Waals surface area contributed by atoms with Crippen molar-refractivity contribution >= 4 is 27.5 Å². The maximum atomic E-state index is 13.4. The Labute approximate surface area is 152 Å². The molecule has 2 aromatic heterocycles. The van der Waals surface area contributed by atoms with Crippen molar-refractivity contribution in [3.05, 3.63) is 59.1 Å². The van der Waals surface area contributed by atoms with Gasteiger partial charge < -0.3 is 9.47 Å². The fourth-order valence-electron chi connectivity index (χ4n) is 4.04. The van der Waals surface area contributed by atoms with E-state index in [0.29, 0.717) is 12.1 Å². The van der Waals surface area contributed by atoms with Crippen molar-refractivity contribution in [3.8, 4) is 0 Å². The molecule has 0 saturated carbocycles. The van der Waals surface area contributed by atoms with Gasteiger partial charge in [-0.3, -0.25) is 4.79 Å². The number of carbonyl (C=O) groups excluding carboxylic acids is 1. The summed E-state index contributed by atoms with van der Waals surface area (Å²) in [7, 11) is 0. The maximum Gasteiger partial charge on any atom is 0.271 e. The van der Waals surface area contributed by atoms with E-state index in [2.05, 4.69) is 65.1 Å². The Hall–Kier alpha value is -2.07. The van der Waals surface area contributed by atoms with Crippen molar-refractivity contribution in [1.29, 1.82) is 0 Å². The molecular formula is C21H24N2OS. The lowest BCUT2D eigenvalue weighted by Crippen LogP contribution is -2.48. The monoisotopic (exact) mass is 352 g/mol. The van der Waals surface area contributed by atoms with Crippen LogP contribution in [0.25, 0.3) is 10.2 Å². The zero-order valence-corrected chi connectivity index (χ0v) is 15.6. The topological polar surface area (TPSA) is 25.2 Å². The summed E-state index contributed by atoms with van der Waals surface area (Å²) in [4.78, 5) is 15.5. The molecule has 0 N–H and O–H groups in total.